The van der Waals surface area contributed by atoms with Gasteiger partial charge in [-0.05, 0) is 60.0 Å². The highest BCUT2D eigenvalue weighted by Gasteiger charge is 2.36. The lowest BCUT2D eigenvalue weighted by atomic mass is 9.98. The van der Waals surface area contributed by atoms with E-state index in [9.17, 15) is 4.79 Å². The normalized spacial score (nSPS) is 16.8. The first-order valence-electron chi connectivity index (χ1n) is 13.2. The molecule has 0 aliphatic carbocycles. The van der Waals surface area contributed by atoms with Gasteiger partial charge in [-0.1, -0.05) is 50.2 Å². The standard InChI is InChI=1S/C31H28N6O2S/c1-3-20(2)23-10-5-7-13-27(23)39-16-15-36-19-22(24-11-4-6-12-26(24)36)17-25-28(32)37-31(34-29(25)38)40-30(35-37)21-9-8-14-33-18-21/h4-14,17-20,32H,3,15-16H2,1-2H3/b25-17+,32-28?/t20-/m0/s1. The van der Waals surface area contributed by atoms with E-state index in [4.69, 9.17) is 10.1 Å². The summed E-state index contributed by atoms with van der Waals surface area (Å²) >= 11 is 1.26. The van der Waals surface area contributed by atoms with Crippen molar-refractivity contribution in [3.05, 3.63) is 102 Å². The third-order valence-electron chi connectivity index (χ3n) is 7.13. The second kappa shape index (κ2) is 10.9. The van der Waals surface area contributed by atoms with E-state index in [0.29, 0.717) is 29.3 Å². The predicted molar refractivity (Wildman–Crippen MR) is 161 cm³/mol. The van der Waals surface area contributed by atoms with Gasteiger partial charge in [0.25, 0.3) is 5.91 Å². The summed E-state index contributed by atoms with van der Waals surface area (Å²) in [7, 11) is 0. The van der Waals surface area contributed by atoms with Crippen molar-refractivity contribution in [1.29, 1.82) is 5.41 Å². The van der Waals surface area contributed by atoms with Gasteiger partial charge in [0, 0.05) is 40.6 Å². The largest absolute Gasteiger partial charge is 0.491 e. The highest BCUT2D eigenvalue weighted by atomic mass is 32.2. The fraction of sp³-hybridized carbons (Fsp3) is 0.194. The highest BCUT2D eigenvalue weighted by Crippen LogP contribution is 2.32. The van der Waals surface area contributed by atoms with Gasteiger partial charge in [-0.25, -0.2) is 0 Å². The van der Waals surface area contributed by atoms with Crippen LogP contribution in [0.2, 0.25) is 0 Å². The van der Waals surface area contributed by atoms with Crippen molar-refractivity contribution in [2.75, 3.05) is 6.61 Å². The molecule has 1 N–H and O–H groups in total. The van der Waals surface area contributed by atoms with Crippen LogP contribution in [0, 0.1) is 5.41 Å². The van der Waals surface area contributed by atoms with Crippen molar-refractivity contribution >= 4 is 50.7 Å². The van der Waals surface area contributed by atoms with Crippen LogP contribution in [0.4, 0.5) is 0 Å². The smallest absolute Gasteiger partial charge is 0.283 e. The number of amidine groups is 2. The zero-order valence-corrected chi connectivity index (χ0v) is 23.1. The minimum atomic E-state index is -0.451. The lowest BCUT2D eigenvalue weighted by molar-refractivity contribution is -0.114. The number of nitrogens with one attached hydrogen (secondary N) is 1. The molecule has 0 radical (unpaired) electrons. The molecule has 0 saturated heterocycles. The van der Waals surface area contributed by atoms with Crippen LogP contribution in [0.5, 0.6) is 5.75 Å². The Hall–Kier alpha value is -4.50. The van der Waals surface area contributed by atoms with Gasteiger partial charge in [-0.2, -0.15) is 15.1 Å². The molecule has 200 valence electrons. The molecule has 4 aromatic rings. The van der Waals surface area contributed by atoms with E-state index < -0.39 is 5.91 Å². The molecule has 2 aliphatic heterocycles. The number of amides is 1. The first-order chi connectivity index (χ1) is 19.5. The van der Waals surface area contributed by atoms with E-state index in [2.05, 4.69) is 51.7 Å². The first kappa shape index (κ1) is 25.8. The number of aromatic nitrogens is 2. The molecule has 1 atom stereocenters. The molecule has 2 aromatic carbocycles. The first-order valence-corrected chi connectivity index (χ1v) is 14.1. The fourth-order valence-electron chi connectivity index (χ4n) is 4.82. The lowest BCUT2D eigenvalue weighted by Crippen LogP contribution is -2.35. The van der Waals surface area contributed by atoms with E-state index in [1.165, 1.54) is 22.3 Å². The monoisotopic (exact) mass is 548 g/mol. The summed E-state index contributed by atoms with van der Waals surface area (Å²) in [5, 5.41) is 16.8. The Balaban J connectivity index is 1.26. The number of benzene rings is 2. The number of carbonyl (C=O) groups is 1. The molecule has 40 heavy (non-hydrogen) atoms. The number of rotatable bonds is 8. The van der Waals surface area contributed by atoms with Crippen molar-refractivity contribution in [1.82, 2.24) is 14.6 Å². The summed E-state index contributed by atoms with van der Waals surface area (Å²) in [6.45, 7) is 5.53. The number of hydrazone groups is 1. The molecule has 8 nitrogen and oxygen atoms in total. The number of thioether (sulfide) groups is 1. The third kappa shape index (κ3) is 4.84. The Morgan fingerprint density at radius 2 is 1.93 bits per heavy atom. The van der Waals surface area contributed by atoms with E-state index in [-0.39, 0.29) is 11.4 Å². The quantitative estimate of drug-likeness (QED) is 0.261. The van der Waals surface area contributed by atoms with Gasteiger partial charge in [0.2, 0.25) is 5.17 Å². The van der Waals surface area contributed by atoms with E-state index in [1.807, 2.05) is 48.7 Å². The number of nitrogens with zero attached hydrogens (tertiary/aromatic N) is 5. The zero-order chi connectivity index (χ0) is 27.6. The molecule has 6 rings (SSSR count). The van der Waals surface area contributed by atoms with E-state index >= 15 is 0 Å². The number of carbonyl (C=O) groups excluding carboxylic acids is 1. The van der Waals surface area contributed by atoms with Crippen molar-refractivity contribution < 1.29 is 9.53 Å². The molecular formula is C31H28N6O2S. The number of hydrogen-bond donors (Lipinski definition) is 1. The molecule has 4 heterocycles. The average molecular weight is 549 g/mol. The van der Waals surface area contributed by atoms with Gasteiger partial charge >= 0.3 is 0 Å². The number of ether oxygens (including phenoxy) is 1. The van der Waals surface area contributed by atoms with Crippen LogP contribution in [0.25, 0.3) is 17.0 Å². The average Bonchev–Trinajstić information content (AvgIpc) is 3.57. The SMILES string of the molecule is CC[C@H](C)c1ccccc1OCCn1cc(/C=C2\C(=N)N3N=C(c4cccnc4)SC3=NC2=O)c2ccccc21. The number of aliphatic imine (C=N–C) groups is 1. The Bertz CT molecular complexity index is 1710. The Kier molecular flexibility index (Phi) is 7.04. The van der Waals surface area contributed by atoms with Gasteiger partial charge in [0.05, 0.1) is 12.1 Å². The van der Waals surface area contributed by atoms with Gasteiger partial charge in [0.1, 0.15) is 17.4 Å². The van der Waals surface area contributed by atoms with Crippen LogP contribution in [-0.4, -0.2) is 43.1 Å². The maximum atomic E-state index is 13.1. The van der Waals surface area contributed by atoms with E-state index in [0.717, 1.165) is 34.2 Å². The molecule has 2 aliphatic rings. The van der Waals surface area contributed by atoms with E-state index in [1.54, 1.807) is 18.5 Å². The van der Waals surface area contributed by atoms with Gasteiger partial charge < -0.3 is 9.30 Å². The van der Waals surface area contributed by atoms with Crippen LogP contribution in [0.1, 0.15) is 42.9 Å². The summed E-state index contributed by atoms with van der Waals surface area (Å²) in [6.07, 6.45) is 8.19. The molecule has 0 unspecified atom stereocenters. The van der Waals surface area contributed by atoms with Crippen LogP contribution < -0.4 is 4.74 Å². The number of pyridine rings is 1. The molecule has 0 saturated carbocycles. The van der Waals surface area contributed by atoms with Gasteiger partial charge in [-0.15, -0.1) is 0 Å². The van der Waals surface area contributed by atoms with Crippen LogP contribution in [-0.2, 0) is 11.3 Å². The Labute approximate surface area is 236 Å². The maximum Gasteiger partial charge on any atom is 0.283 e. The van der Waals surface area contributed by atoms with Crippen LogP contribution in [0.15, 0.2) is 94.9 Å². The molecule has 0 bridgehead atoms. The minimum Gasteiger partial charge on any atom is -0.491 e. The molecular weight excluding hydrogens is 520 g/mol. The molecule has 0 fully saturated rings. The number of hydrogen-bond acceptors (Lipinski definition) is 6. The lowest BCUT2D eigenvalue weighted by Gasteiger charge is -2.20. The molecule has 9 heteroatoms. The Morgan fingerprint density at radius 3 is 2.75 bits per heavy atom. The highest BCUT2D eigenvalue weighted by molar-refractivity contribution is 8.27. The maximum absolute atomic E-state index is 13.1. The molecule has 0 spiro atoms. The van der Waals surface area contributed by atoms with Gasteiger partial charge in [-0.3, -0.25) is 15.2 Å². The molecule has 1 amide bonds. The van der Waals surface area contributed by atoms with Crippen molar-refractivity contribution in [3.8, 4) is 5.75 Å². The van der Waals surface area contributed by atoms with Crippen molar-refractivity contribution in [3.63, 3.8) is 0 Å². The number of fused-ring (bicyclic) bond motifs is 2. The Morgan fingerprint density at radius 1 is 1.10 bits per heavy atom. The summed E-state index contributed by atoms with van der Waals surface area (Å²) in [6, 6.07) is 20.0. The minimum absolute atomic E-state index is 0.00297. The number of para-hydroxylation sites is 2. The van der Waals surface area contributed by atoms with Crippen molar-refractivity contribution in [2.24, 2.45) is 10.1 Å². The second-order valence-corrected chi connectivity index (χ2v) is 10.6. The van der Waals surface area contributed by atoms with Gasteiger partial charge in [0.15, 0.2) is 5.84 Å². The fourth-order valence-corrected chi connectivity index (χ4v) is 5.70. The second-order valence-electron chi connectivity index (χ2n) is 9.66. The van der Waals surface area contributed by atoms with Crippen LogP contribution in [0.3, 0.4) is 0 Å². The van der Waals surface area contributed by atoms with Crippen molar-refractivity contribution in [2.45, 2.75) is 32.7 Å². The summed E-state index contributed by atoms with van der Waals surface area (Å²) in [5.41, 5.74) is 4.09. The third-order valence-corrected chi connectivity index (χ3v) is 8.09. The summed E-state index contributed by atoms with van der Waals surface area (Å²) < 4.78 is 8.36. The summed E-state index contributed by atoms with van der Waals surface area (Å²) in [5.74, 6) is 0.892. The summed E-state index contributed by atoms with van der Waals surface area (Å²) in [4.78, 5) is 21.4. The zero-order valence-electron chi connectivity index (χ0n) is 22.2. The van der Waals surface area contributed by atoms with Crippen LogP contribution >= 0.6 is 11.8 Å². The molecule has 2 aromatic heterocycles. The predicted octanol–water partition coefficient (Wildman–Crippen LogP) is 6.30. The topological polar surface area (TPSA) is 95.9 Å².